The van der Waals surface area contributed by atoms with Gasteiger partial charge in [0.1, 0.15) is 0 Å². The van der Waals surface area contributed by atoms with Crippen LogP contribution in [0.5, 0.6) is 0 Å². The minimum Gasteiger partial charge on any atom is -0.280 e. The molecule has 0 unspecified atom stereocenters. The summed E-state index contributed by atoms with van der Waals surface area (Å²) in [5.41, 5.74) is 4.29. The van der Waals surface area contributed by atoms with Crippen molar-refractivity contribution in [3.63, 3.8) is 0 Å². The van der Waals surface area contributed by atoms with Crippen molar-refractivity contribution in [1.82, 2.24) is 0 Å². The Hall–Kier alpha value is -1.81. The van der Waals surface area contributed by atoms with Gasteiger partial charge in [0, 0.05) is 5.69 Å². The molecule has 0 bridgehead atoms. The molecular weight excluding hydrogens is 318 g/mol. The van der Waals surface area contributed by atoms with Crippen LogP contribution in [0.1, 0.15) is 50.3 Å². The molecule has 128 valence electrons. The molecule has 1 aliphatic rings. The highest BCUT2D eigenvalue weighted by atomic mass is 32.2. The van der Waals surface area contributed by atoms with E-state index < -0.39 is 10.0 Å². The zero-order chi connectivity index (χ0) is 17.4. The van der Waals surface area contributed by atoms with Crippen molar-refractivity contribution < 1.29 is 8.42 Å². The van der Waals surface area contributed by atoms with E-state index in [0.29, 0.717) is 10.6 Å². The summed E-state index contributed by atoms with van der Waals surface area (Å²) in [7, 11) is -3.55. The molecule has 2 aromatic rings. The minimum atomic E-state index is -3.55. The summed E-state index contributed by atoms with van der Waals surface area (Å²) < 4.78 is 28.0. The van der Waals surface area contributed by atoms with E-state index in [2.05, 4.69) is 25.5 Å². The highest BCUT2D eigenvalue weighted by Crippen LogP contribution is 2.27. The van der Waals surface area contributed by atoms with Gasteiger partial charge in [0.25, 0.3) is 10.0 Å². The number of benzene rings is 2. The molecule has 3 nitrogen and oxygen atoms in total. The lowest BCUT2D eigenvalue weighted by Gasteiger charge is -2.19. The van der Waals surface area contributed by atoms with Crippen molar-refractivity contribution in [2.24, 2.45) is 0 Å². The quantitative estimate of drug-likeness (QED) is 0.881. The van der Waals surface area contributed by atoms with Gasteiger partial charge >= 0.3 is 0 Å². The lowest BCUT2D eigenvalue weighted by Crippen LogP contribution is -2.15. The molecule has 0 fully saturated rings. The van der Waals surface area contributed by atoms with Gasteiger partial charge in [-0.2, -0.15) is 0 Å². The molecule has 3 rings (SSSR count). The topological polar surface area (TPSA) is 46.2 Å². The molecule has 0 atom stereocenters. The van der Waals surface area contributed by atoms with E-state index in [1.807, 2.05) is 36.4 Å². The number of aryl methyl sites for hydroxylation is 2. The predicted molar refractivity (Wildman–Crippen MR) is 99.0 cm³/mol. The van der Waals surface area contributed by atoms with Crippen LogP contribution in [0.25, 0.3) is 0 Å². The molecule has 1 N–H and O–H groups in total. The Morgan fingerprint density at radius 1 is 0.875 bits per heavy atom. The fraction of sp³-hybridized carbons (Fsp3) is 0.400. The predicted octanol–water partition coefficient (Wildman–Crippen LogP) is 4.66. The van der Waals surface area contributed by atoms with Gasteiger partial charge in [-0.15, -0.1) is 0 Å². The van der Waals surface area contributed by atoms with Crippen molar-refractivity contribution in [2.75, 3.05) is 4.72 Å². The van der Waals surface area contributed by atoms with Crippen LogP contribution in [0.3, 0.4) is 0 Å². The van der Waals surface area contributed by atoms with Gasteiger partial charge in [-0.3, -0.25) is 4.72 Å². The smallest absolute Gasteiger partial charge is 0.261 e. The van der Waals surface area contributed by atoms with E-state index in [-0.39, 0.29) is 5.41 Å². The van der Waals surface area contributed by atoms with E-state index in [4.69, 9.17) is 0 Å². The van der Waals surface area contributed by atoms with E-state index in [9.17, 15) is 8.42 Å². The number of fused-ring (bicyclic) bond motifs is 1. The lowest BCUT2D eigenvalue weighted by atomic mass is 9.87. The van der Waals surface area contributed by atoms with Crippen LogP contribution in [-0.2, 0) is 28.3 Å². The van der Waals surface area contributed by atoms with E-state index >= 15 is 0 Å². The molecule has 0 radical (unpaired) electrons. The molecule has 0 aliphatic heterocycles. The summed E-state index contributed by atoms with van der Waals surface area (Å²) in [5, 5.41) is 0. The van der Waals surface area contributed by atoms with Crippen molar-refractivity contribution in [2.45, 2.75) is 56.8 Å². The van der Waals surface area contributed by atoms with Crippen molar-refractivity contribution in [3.8, 4) is 0 Å². The fourth-order valence-corrected chi connectivity index (χ4v) is 4.24. The molecule has 0 saturated carbocycles. The van der Waals surface area contributed by atoms with E-state index in [1.54, 1.807) is 6.07 Å². The van der Waals surface area contributed by atoms with Crippen LogP contribution in [0.4, 0.5) is 5.69 Å². The van der Waals surface area contributed by atoms with Crippen molar-refractivity contribution in [3.05, 3.63) is 59.2 Å². The molecule has 4 heteroatoms. The molecule has 24 heavy (non-hydrogen) atoms. The number of hydrogen-bond donors (Lipinski definition) is 1. The maximum atomic E-state index is 12.7. The fourth-order valence-electron chi connectivity index (χ4n) is 3.13. The summed E-state index contributed by atoms with van der Waals surface area (Å²) in [6, 6.07) is 13.1. The monoisotopic (exact) mass is 343 g/mol. The number of anilines is 1. The largest absolute Gasteiger partial charge is 0.280 e. The van der Waals surface area contributed by atoms with Crippen LogP contribution in [0, 0.1) is 0 Å². The molecule has 0 amide bonds. The Bertz CT molecular complexity index is 831. The Labute approximate surface area is 145 Å². The van der Waals surface area contributed by atoms with Crippen LogP contribution in [0.2, 0.25) is 0 Å². The third-order valence-electron chi connectivity index (χ3n) is 4.63. The maximum Gasteiger partial charge on any atom is 0.261 e. The molecule has 0 spiro atoms. The van der Waals surface area contributed by atoms with Crippen molar-refractivity contribution in [1.29, 1.82) is 0 Å². The molecule has 1 aliphatic carbocycles. The first-order valence-corrected chi connectivity index (χ1v) is 9.99. The van der Waals surface area contributed by atoms with Crippen LogP contribution in [0.15, 0.2) is 47.4 Å². The van der Waals surface area contributed by atoms with E-state index in [0.717, 1.165) is 19.3 Å². The number of hydrogen-bond acceptors (Lipinski definition) is 2. The highest BCUT2D eigenvalue weighted by Gasteiger charge is 2.18. The molecule has 0 heterocycles. The van der Waals surface area contributed by atoms with Gasteiger partial charge in [0.2, 0.25) is 0 Å². The number of rotatable bonds is 3. The molecule has 0 saturated heterocycles. The second kappa shape index (κ2) is 6.25. The van der Waals surface area contributed by atoms with Gasteiger partial charge < -0.3 is 0 Å². The second-order valence-corrected chi connectivity index (χ2v) is 9.25. The lowest BCUT2D eigenvalue weighted by molar-refractivity contribution is 0.590. The van der Waals surface area contributed by atoms with Crippen molar-refractivity contribution >= 4 is 15.7 Å². The zero-order valence-electron chi connectivity index (χ0n) is 14.6. The average molecular weight is 343 g/mol. The van der Waals surface area contributed by atoms with Crippen LogP contribution in [-0.4, -0.2) is 8.42 Å². The second-order valence-electron chi connectivity index (χ2n) is 7.57. The summed E-state index contributed by atoms with van der Waals surface area (Å²) in [6.07, 6.45) is 4.35. The van der Waals surface area contributed by atoms with E-state index in [1.165, 1.54) is 23.1 Å². The van der Waals surface area contributed by atoms with Crippen LogP contribution < -0.4 is 4.72 Å². The third-order valence-corrected chi connectivity index (χ3v) is 6.01. The van der Waals surface area contributed by atoms with Crippen LogP contribution >= 0.6 is 0 Å². The summed E-state index contributed by atoms with van der Waals surface area (Å²) in [4.78, 5) is 0.350. The first-order valence-electron chi connectivity index (χ1n) is 8.51. The number of nitrogens with one attached hydrogen (secondary N) is 1. The third kappa shape index (κ3) is 3.64. The normalized spacial score (nSPS) is 15.0. The average Bonchev–Trinajstić information content (AvgIpc) is 2.53. The number of sulfonamides is 1. The Morgan fingerprint density at radius 3 is 2.12 bits per heavy atom. The van der Waals surface area contributed by atoms with Gasteiger partial charge in [0.15, 0.2) is 0 Å². The Kier molecular flexibility index (Phi) is 4.43. The standard InChI is InChI=1S/C20H25NO2S/c1-20(2,3)17-9-11-18(12-10-17)21-24(22,23)19-13-8-15-6-4-5-7-16(15)14-19/h8-14,21H,4-7H2,1-3H3. The highest BCUT2D eigenvalue weighted by molar-refractivity contribution is 7.92. The first kappa shape index (κ1) is 17.0. The minimum absolute atomic E-state index is 0.0515. The maximum absolute atomic E-state index is 12.7. The molecule has 0 aromatic heterocycles. The van der Waals surface area contributed by atoms with Gasteiger partial charge in [-0.25, -0.2) is 8.42 Å². The first-order chi connectivity index (χ1) is 11.3. The molecule has 2 aromatic carbocycles. The summed E-state index contributed by atoms with van der Waals surface area (Å²) >= 11 is 0. The Balaban J connectivity index is 1.83. The zero-order valence-corrected chi connectivity index (χ0v) is 15.4. The van der Waals surface area contributed by atoms with Gasteiger partial charge in [0.05, 0.1) is 4.90 Å². The summed E-state index contributed by atoms with van der Waals surface area (Å²) in [5.74, 6) is 0. The SMILES string of the molecule is CC(C)(C)c1ccc(NS(=O)(=O)c2ccc3c(c2)CCCC3)cc1. The summed E-state index contributed by atoms with van der Waals surface area (Å²) in [6.45, 7) is 6.41. The molecular formula is C20H25NO2S. The Morgan fingerprint density at radius 2 is 1.50 bits per heavy atom. The van der Waals surface area contributed by atoms with Gasteiger partial charge in [-0.1, -0.05) is 39.0 Å². The van der Waals surface area contributed by atoms with Gasteiger partial charge in [-0.05, 0) is 72.1 Å².